The van der Waals surface area contributed by atoms with E-state index in [0.29, 0.717) is 12.2 Å². The van der Waals surface area contributed by atoms with E-state index in [1.807, 2.05) is 64.1 Å². The van der Waals surface area contributed by atoms with Gasteiger partial charge in [0.1, 0.15) is 12.6 Å². The second kappa shape index (κ2) is 12.0. The number of sulfonamides is 1. The van der Waals surface area contributed by atoms with Crippen LogP contribution in [0.5, 0.6) is 0 Å². The minimum atomic E-state index is -3.74. The van der Waals surface area contributed by atoms with E-state index >= 15 is 0 Å². The molecule has 34 heavy (non-hydrogen) atoms. The number of rotatable bonds is 11. The highest BCUT2D eigenvalue weighted by Gasteiger charge is 2.30. The fourth-order valence-corrected chi connectivity index (χ4v) is 4.61. The number of unbranched alkanes of at least 4 members (excludes halogenated alkanes) is 1. The number of nitrogens with one attached hydrogen (secondary N) is 1. The molecule has 0 unspecified atom stereocenters. The quantitative estimate of drug-likeness (QED) is 0.490. The fourth-order valence-electron chi connectivity index (χ4n) is 3.71. The van der Waals surface area contributed by atoms with Gasteiger partial charge in [0.25, 0.3) is 0 Å². The molecule has 0 aliphatic carbocycles. The summed E-state index contributed by atoms with van der Waals surface area (Å²) in [4.78, 5) is 27.9. The molecule has 0 aliphatic heterocycles. The number of anilines is 1. The summed E-state index contributed by atoms with van der Waals surface area (Å²) in [6, 6.07) is 12.4. The van der Waals surface area contributed by atoms with E-state index in [2.05, 4.69) is 5.32 Å². The van der Waals surface area contributed by atoms with Gasteiger partial charge in [0, 0.05) is 13.1 Å². The molecule has 2 amide bonds. The van der Waals surface area contributed by atoms with Crippen molar-refractivity contribution < 1.29 is 18.0 Å². The van der Waals surface area contributed by atoms with Crippen molar-refractivity contribution in [3.05, 3.63) is 64.7 Å². The normalized spacial score (nSPS) is 12.2. The molecule has 1 atom stereocenters. The van der Waals surface area contributed by atoms with Crippen LogP contribution in [0.25, 0.3) is 0 Å². The summed E-state index contributed by atoms with van der Waals surface area (Å²) in [6.07, 6.45) is 2.88. The first kappa shape index (κ1) is 27.4. The van der Waals surface area contributed by atoms with Crippen LogP contribution in [0.4, 0.5) is 5.69 Å². The maximum absolute atomic E-state index is 13.6. The lowest BCUT2D eigenvalue weighted by Gasteiger charge is -2.32. The predicted octanol–water partition coefficient (Wildman–Crippen LogP) is 3.71. The molecule has 0 bridgehead atoms. The Labute approximate surface area is 204 Å². The van der Waals surface area contributed by atoms with Crippen LogP contribution in [0, 0.1) is 20.8 Å². The molecule has 2 aromatic carbocycles. The standard InChI is InChI=1S/C26H37N3O4S/c1-7-8-14-27-26(31)22(5)28(17-23-11-9-10-19(2)15-23)25(30)18-29(34(6,32)33)24-16-20(3)12-13-21(24)4/h9-13,15-16,22H,7-8,14,17-18H2,1-6H3,(H,27,31)/t22-/m0/s1. The van der Waals surface area contributed by atoms with Gasteiger partial charge in [-0.25, -0.2) is 8.42 Å². The Morgan fingerprint density at radius 3 is 2.32 bits per heavy atom. The number of carbonyl (C=O) groups excluding carboxylic acids is 2. The molecule has 0 saturated heterocycles. The van der Waals surface area contributed by atoms with E-state index in [0.717, 1.165) is 45.7 Å². The zero-order valence-corrected chi connectivity index (χ0v) is 21.9. The van der Waals surface area contributed by atoms with Gasteiger partial charge >= 0.3 is 0 Å². The highest BCUT2D eigenvalue weighted by Crippen LogP contribution is 2.24. The van der Waals surface area contributed by atoms with Crippen molar-refractivity contribution in [1.82, 2.24) is 10.2 Å². The van der Waals surface area contributed by atoms with Gasteiger partial charge in [0.2, 0.25) is 21.8 Å². The van der Waals surface area contributed by atoms with E-state index in [-0.39, 0.29) is 19.0 Å². The van der Waals surface area contributed by atoms with Gasteiger partial charge in [-0.3, -0.25) is 13.9 Å². The van der Waals surface area contributed by atoms with Crippen LogP contribution in [-0.2, 0) is 26.2 Å². The third-order valence-corrected chi connectivity index (χ3v) is 6.87. The van der Waals surface area contributed by atoms with E-state index in [4.69, 9.17) is 0 Å². The Balaban J connectivity index is 2.39. The third-order valence-electron chi connectivity index (χ3n) is 5.74. The first-order valence-electron chi connectivity index (χ1n) is 11.6. The molecule has 7 nitrogen and oxygen atoms in total. The Hall–Kier alpha value is -2.87. The Morgan fingerprint density at radius 2 is 1.71 bits per heavy atom. The van der Waals surface area contributed by atoms with Gasteiger partial charge in [-0.15, -0.1) is 0 Å². The van der Waals surface area contributed by atoms with Crippen LogP contribution in [0.2, 0.25) is 0 Å². The molecule has 1 N–H and O–H groups in total. The molecular formula is C26H37N3O4S. The van der Waals surface area contributed by atoms with Crippen LogP contribution in [0.1, 0.15) is 48.9 Å². The third kappa shape index (κ3) is 7.58. The smallest absolute Gasteiger partial charge is 0.244 e. The second-order valence-electron chi connectivity index (χ2n) is 8.89. The number of amides is 2. The lowest BCUT2D eigenvalue weighted by molar-refractivity contribution is -0.139. The van der Waals surface area contributed by atoms with Crippen LogP contribution in [0.3, 0.4) is 0 Å². The Kier molecular flexibility index (Phi) is 9.67. The summed E-state index contributed by atoms with van der Waals surface area (Å²) in [5.74, 6) is -0.696. The maximum Gasteiger partial charge on any atom is 0.244 e. The first-order chi connectivity index (χ1) is 15.9. The van der Waals surface area contributed by atoms with Crippen molar-refractivity contribution in [2.75, 3.05) is 23.7 Å². The molecule has 2 aromatic rings. The van der Waals surface area contributed by atoms with Gasteiger partial charge < -0.3 is 10.2 Å². The highest BCUT2D eigenvalue weighted by atomic mass is 32.2. The summed E-state index contributed by atoms with van der Waals surface area (Å²) < 4.78 is 26.5. The largest absolute Gasteiger partial charge is 0.354 e. The molecule has 0 heterocycles. The van der Waals surface area contributed by atoms with Crippen molar-refractivity contribution in [3.8, 4) is 0 Å². The van der Waals surface area contributed by atoms with Gasteiger partial charge in [-0.2, -0.15) is 0 Å². The number of nitrogens with zero attached hydrogens (tertiary/aromatic N) is 2. The predicted molar refractivity (Wildman–Crippen MR) is 137 cm³/mol. The van der Waals surface area contributed by atoms with Crippen molar-refractivity contribution in [2.24, 2.45) is 0 Å². The van der Waals surface area contributed by atoms with E-state index in [1.54, 1.807) is 13.0 Å². The average molecular weight is 488 g/mol. The van der Waals surface area contributed by atoms with E-state index < -0.39 is 22.0 Å². The number of hydrogen-bond donors (Lipinski definition) is 1. The van der Waals surface area contributed by atoms with Gasteiger partial charge in [-0.1, -0.05) is 55.3 Å². The van der Waals surface area contributed by atoms with Crippen LogP contribution < -0.4 is 9.62 Å². The first-order valence-corrected chi connectivity index (χ1v) is 13.5. The molecule has 0 spiro atoms. The zero-order chi connectivity index (χ0) is 25.5. The molecule has 0 aliphatic rings. The highest BCUT2D eigenvalue weighted by molar-refractivity contribution is 7.92. The summed E-state index contributed by atoms with van der Waals surface area (Å²) >= 11 is 0. The minimum Gasteiger partial charge on any atom is -0.354 e. The summed E-state index contributed by atoms with van der Waals surface area (Å²) in [5, 5.41) is 2.88. The monoisotopic (exact) mass is 487 g/mol. The molecule has 0 radical (unpaired) electrons. The molecule has 186 valence electrons. The summed E-state index contributed by atoms with van der Waals surface area (Å²) in [7, 11) is -3.74. The van der Waals surface area contributed by atoms with Gasteiger partial charge in [0.15, 0.2) is 0 Å². The molecule has 8 heteroatoms. The lowest BCUT2D eigenvalue weighted by Crippen LogP contribution is -2.51. The van der Waals surface area contributed by atoms with Crippen LogP contribution in [-0.4, -0.2) is 50.5 Å². The van der Waals surface area contributed by atoms with Crippen molar-refractivity contribution in [1.29, 1.82) is 0 Å². The molecule has 2 rings (SSSR count). The van der Waals surface area contributed by atoms with Gasteiger partial charge in [0.05, 0.1) is 11.9 Å². The molecule has 0 saturated carbocycles. The molecular weight excluding hydrogens is 450 g/mol. The SMILES string of the molecule is CCCCNC(=O)[C@H](C)N(Cc1cccc(C)c1)C(=O)CN(c1cc(C)ccc1C)S(C)(=O)=O. The molecule has 0 aromatic heterocycles. The van der Waals surface area contributed by atoms with Gasteiger partial charge in [-0.05, 0) is 56.9 Å². The minimum absolute atomic E-state index is 0.202. The van der Waals surface area contributed by atoms with Crippen LogP contribution in [0.15, 0.2) is 42.5 Å². The van der Waals surface area contributed by atoms with E-state index in [9.17, 15) is 18.0 Å². The maximum atomic E-state index is 13.6. The molecule has 0 fully saturated rings. The van der Waals surface area contributed by atoms with E-state index in [1.165, 1.54) is 4.90 Å². The van der Waals surface area contributed by atoms with Crippen LogP contribution >= 0.6 is 0 Å². The number of hydrogen-bond acceptors (Lipinski definition) is 4. The summed E-state index contributed by atoms with van der Waals surface area (Å²) in [6.45, 7) is 9.71. The van der Waals surface area contributed by atoms with Crippen molar-refractivity contribution >= 4 is 27.5 Å². The van der Waals surface area contributed by atoms with Crippen molar-refractivity contribution in [2.45, 2.75) is 60.0 Å². The number of aryl methyl sites for hydroxylation is 3. The zero-order valence-electron chi connectivity index (χ0n) is 21.1. The lowest BCUT2D eigenvalue weighted by atomic mass is 10.1. The average Bonchev–Trinajstić information content (AvgIpc) is 2.76. The number of benzene rings is 2. The Morgan fingerprint density at radius 1 is 1.03 bits per heavy atom. The summed E-state index contributed by atoms with van der Waals surface area (Å²) in [5.41, 5.74) is 4.02. The second-order valence-corrected chi connectivity index (χ2v) is 10.8. The number of carbonyl (C=O) groups is 2. The Bertz CT molecular complexity index is 1110. The van der Waals surface area contributed by atoms with Crippen molar-refractivity contribution in [3.63, 3.8) is 0 Å². The topological polar surface area (TPSA) is 86.8 Å². The fraction of sp³-hybridized carbons (Fsp3) is 0.462.